The van der Waals surface area contributed by atoms with Crippen molar-refractivity contribution in [1.82, 2.24) is 25.1 Å². The second-order valence-corrected chi connectivity index (χ2v) is 6.82. The van der Waals surface area contributed by atoms with Crippen molar-refractivity contribution in [3.05, 3.63) is 59.8 Å². The average molecular weight is 365 g/mol. The fraction of sp³-hybridized carbons (Fsp3) is 0.350. The predicted molar refractivity (Wildman–Crippen MR) is 101 cm³/mol. The maximum atomic E-state index is 12.7. The molecule has 0 aliphatic carbocycles. The number of ether oxygens (including phenoxy) is 1. The van der Waals surface area contributed by atoms with Gasteiger partial charge in [-0.1, -0.05) is 30.3 Å². The van der Waals surface area contributed by atoms with Crippen molar-refractivity contribution in [2.75, 3.05) is 6.61 Å². The maximum Gasteiger partial charge on any atom is 0.226 e. The summed E-state index contributed by atoms with van der Waals surface area (Å²) in [5.74, 6) is 0.505. The molecule has 1 aromatic carbocycles. The van der Waals surface area contributed by atoms with Crippen LogP contribution in [0.4, 0.5) is 0 Å². The smallest absolute Gasteiger partial charge is 0.226 e. The Morgan fingerprint density at radius 2 is 2.15 bits per heavy atom. The van der Waals surface area contributed by atoms with Crippen LogP contribution in [0.1, 0.15) is 29.6 Å². The molecule has 0 unspecified atom stereocenters. The van der Waals surface area contributed by atoms with Crippen LogP contribution in [-0.4, -0.2) is 32.3 Å². The summed E-state index contributed by atoms with van der Waals surface area (Å²) in [6.07, 6.45) is 4.05. The van der Waals surface area contributed by atoms with Crippen molar-refractivity contribution in [3.8, 4) is 11.3 Å². The van der Waals surface area contributed by atoms with Crippen LogP contribution in [0.2, 0.25) is 0 Å². The molecule has 140 valence electrons. The second-order valence-electron chi connectivity index (χ2n) is 6.82. The number of carbonyl (C=O) groups is 1. The first-order chi connectivity index (χ1) is 13.1. The minimum absolute atomic E-state index is 0.0154. The first-order valence-corrected chi connectivity index (χ1v) is 9.10. The number of nitrogens with one attached hydrogen (secondary N) is 2. The van der Waals surface area contributed by atoms with Crippen LogP contribution >= 0.6 is 0 Å². The number of carbonyl (C=O) groups excluding carboxylic acids is 1. The van der Waals surface area contributed by atoms with E-state index in [0.29, 0.717) is 19.6 Å². The Hall–Kier alpha value is -2.93. The Morgan fingerprint density at radius 3 is 2.89 bits per heavy atom. The molecule has 0 radical (unpaired) electrons. The number of aryl methyl sites for hydroxylation is 1. The van der Waals surface area contributed by atoms with Crippen molar-refractivity contribution in [2.24, 2.45) is 13.0 Å². The van der Waals surface area contributed by atoms with Crippen LogP contribution in [0.3, 0.4) is 0 Å². The third-order valence-corrected chi connectivity index (χ3v) is 5.15. The molecule has 1 aliphatic rings. The highest BCUT2D eigenvalue weighted by atomic mass is 16.5. The summed E-state index contributed by atoms with van der Waals surface area (Å²) in [6.45, 7) is 2.93. The van der Waals surface area contributed by atoms with Crippen LogP contribution in [-0.2, 0) is 23.1 Å². The van der Waals surface area contributed by atoms with E-state index in [9.17, 15) is 4.79 Å². The van der Waals surface area contributed by atoms with E-state index < -0.39 is 0 Å². The van der Waals surface area contributed by atoms with Crippen LogP contribution in [0.5, 0.6) is 0 Å². The fourth-order valence-corrected chi connectivity index (χ4v) is 3.48. The summed E-state index contributed by atoms with van der Waals surface area (Å²) >= 11 is 0. The number of hydrogen-bond acceptors (Lipinski definition) is 4. The van der Waals surface area contributed by atoms with E-state index in [-0.39, 0.29) is 17.9 Å². The molecule has 4 rings (SSSR count). The summed E-state index contributed by atoms with van der Waals surface area (Å²) in [5, 5.41) is 7.26. The number of aromatic nitrogens is 4. The lowest BCUT2D eigenvalue weighted by atomic mass is 9.95. The molecule has 0 saturated carbocycles. The van der Waals surface area contributed by atoms with E-state index in [1.54, 1.807) is 17.1 Å². The van der Waals surface area contributed by atoms with Crippen LogP contribution in [0.15, 0.2) is 42.7 Å². The zero-order chi connectivity index (χ0) is 18.8. The Balaban J connectivity index is 1.41. The van der Waals surface area contributed by atoms with Crippen molar-refractivity contribution < 1.29 is 9.53 Å². The third kappa shape index (κ3) is 3.50. The molecule has 3 heterocycles. The number of aromatic amines is 1. The third-order valence-electron chi connectivity index (χ3n) is 5.15. The SMILES string of the molecule is Cc1c([C@H]2OCC[C@@H]2C(=O)NCc2ncc(-c3ccccc3)[nH]2)cnn1C. The van der Waals surface area contributed by atoms with Gasteiger partial charge in [0.1, 0.15) is 5.82 Å². The monoisotopic (exact) mass is 365 g/mol. The molecular formula is C20H23N5O2. The summed E-state index contributed by atoms with van der Waals surface area (Å²) in [7, 11) is 1.89. The molecule has 7 heteroatoms. The predicted octanol–water partition coefficient (Wildman–Crippen LogP) is 2.51. The Morgan fingerprint density at radius 1 is 1.33 bits per heavy atom. The number of imidazole rings is 1. The number of nitrogens with zero attached hydrogens (tertiary/aromatic N) is 3. The lowest BCUT2D eigenvalue weighted by molar-refractivity contribution is -0.127. The van der Waals surface area contributed by atoms with Gasteiger partial charge in [0.15, 0.2) is 0 Å². The van der Waals surface area contributed by atoms with Gasteiger partial charge in [-0.2, -0.15) is 5.10 Å². The summed E-state index contributed by atoms with van der Waals surface area (Å²) < 4.78 is 7.65. The molecule has 1 amide bonds. The highest BCUT2D eigenvalue weighted by molar-refractivity contribution is 5.79. The zero-order valence-electron chi connectivity index (χ0n) is 15.5. The molecule has 2 atom stereocenters. The van der Waals surface area contributed by atoms with Gasteiger partial charge in [0.2, 0.25) is 5.91 Å². The van der Waals surface area contributed by atoms with Crippen LogP contribution in [0.25, 0.3) is 11.3 Å². The first kappa shape index (κ1) is 17.5. The second kappa shape index (κ2) is 7.36. The molecule has 2 aromatic heterocycles. The maximum absolute atomic E-state index is 12.7. The normalized spacial score (nSPS) is 19.3. The van der Waals surface area contributed by atoms with Gasteiger partial charge in [-0.25, -0.2) is 4.98 Å². The summed E-state index contributed by atoms with van der Waals surface area (Å²) in [4.78, 5) is 20.4. The number of amides is 1. The molecule has 3 aromatic rings. The molecule has 1 saturated heterocycles. The van der Waals surface area contributed by atoms with Gasteiger partial charge in [0, 0.05) is 24.9 Å². The van der Waals surface area contributed by atoms with Gasteiger partial charge in [-0.05, 0) is 18.9 Å². The van der Waals surface area contributed by atoms with Crippen molar-refractivity contribution in [2.45, 2.75) is 26.0 Å². The molecular weight excluding hydrogens is 342 g/mol. The lowest BCUT2D eigenvalue weighted by Gasteiger charge is -2.17. The molecule has 1 aliphatic heterocycles. The van der Waals surface area contributed by atoms with E-state index in [4.69, 9.17) is 4.74 Å². The quantitative estimate of drug-likeness (QED) is 0.728. The Kier molecular flexibility index (Phi) is 4.77. The highest BCUT2D eigenvalue weighted by Gasteiger charge is 2.36. The molecule has 1 fully saturated rings. The number of H-pyrrole nitrogens is 1. The van der Waals surface area contributed by atoms with Crippen molar-refractivity contribution in [1.29, 1.82) is 0 Å². The van der Waals surface area contributed by atoms with Gasteiger partial charge in [-0.3, -0.25) is 9.48 Å². The zero-order valence-corrected chi connectivity index (χ0v) is 15.5. The number of benzene rings is 1. The van der Waals surface area contributed by atoms with Crippen molar-refractivity contribution >= 4 is 5.91 Å². The number of hydrogen-bond donors (Lipinski definition) is 2. The molecule has 2 N–H and O–H groups in total. The Bertz CT molecular complexity index is 931. The minimum atomic E-state index is -0.241. The van der Waals surface area contributed by atoms with Gasteiger partial charge in [-0.15, -0.1) is 0 Å². The molecule has 0 spiro atoms. The van der Waals surface area contributed by atoms with Gasteiger partial charge >= 0.3 is 0 Å². The molecule has 0 bridgehead atoms. The summed E-state index contributed by atoms with van der Waals surface area (Å²) in [6, 6.07) is 9.99. The van der Waals surface area contributed by atoms with Gasteiger partial charge < -0.3 is 15.0 Å². The number of rotatable bonds is 5. The minimum Gasteiger partial charge on any atom is -0.373 e. The first-order valence-electron chi connectivity index (χ1n) is 9.10. The van der Waals surface area contributed by atoms with Crippen molar-refractivity contribution in [3.63, 3.8) is 0 Å². The molecule has 7 nitrogen and oxygen atoms in total. The average Bonchev–Trinajstić information content (AvgIpc) is 3.42. The largest absolute Gasteiger partial charge is 0.373 e. The van der Waals surface area contributed by atoms with Crippen LogP contribution < -0.4 is 5.32 Å². The van der Waals surface area contributed by atoms with Gasteiger partial charge in [0.25, 0.3) is 0 Å². The lowest BCUT2D eigenvalue weighted by Crippen LogP contribution is -2.32. The van der Waals surface area contributed by atoms with E-state index in [1.165, 1.54) is 0 Å². The molecule has 27 heavy (non-hydrogen) atoms. The Labute approximate surface area is 157 Å². The van der Waals surface area contributed by atoms with Gasteiger partial charge in [0.05, 0.1) is 36.7 Å². The fourth-order valence-electron chi connectivity index (χ4n) is 3.48. The van der Waals surface area contributed by atoms with E-state index in [2.05, 4.69) is 20.4 Å². The van der Waals surface area contributed by atoms with E-state index >= 15 is 0 Å². The highest BCUT2D eigenvalue weighted by Crippen LogP contribution is 2.36. The van der Waals surface area contributed by atoms with Crippen LogP contribution in [0, 0.1) is 12.8 Å². The summed E-state index contributed by atoms with van der Waals surface area (Å²) in [5.41, 5.74) is 4.02. The standard InChI is InChI=1S/C20H23N5O2/c1-13-16(10-23-25(13)2)19-15(8-9-27-19)20(26)22-12-18-21-11-17(24-18)14-6-4-3-5-7-14/h3-7,10-11,15,19H,8-9,12H2,1-2H3,(H,21,24)(H,22,26)/t15-,19-/m0/s1. The van der Waals surface area contributed by atoms with E-state index in [0.717, 1.165) is 28.3 Å². The van der Waals surface area contributed by atoms with E-state index in [1.807, 2.05) is 44.3 Å². The topological polar surface area (TPSA) is 84.8 Å².